The van der Waals surface area contributed by atoms with Gasteiger partial charge in [0.15, 0.2) is 0 Å². The number of nitrogens with one attached hydrogen (secondary N) is 2. The van der Waals surface area contributed by atoms with Gasteiger partial charge < -0.3 is 29.9 Å². The van der Waals surface area contributed by atoms with Crippen molar-refractivity contribution in [3.05, 3.63) is 35.7 Å². The zero-order valence-electron chi connectivity index (χ0n) is 27.1. The number of piperazine rings is 1. The second-order valence-electron chi connectivity index (χ2n) is 14.3. The van der Waals surface area contributed by atoms with Crippen molar-refractivity contribution < 1.29 is 23.9 Å². The van der Waals surface area contributed by atoms with Gasteiger partial charge in [-0.3, -0.25) is 9.59 Å². The molecule has 242 valence electrons. The minimum atomic E-state index is -0.532. The van der Waals surface area contributed by atoms with Crippen LogP contribution in [0, 0.1) is 11.8 Å². The summed E-state index contributed by atoms with van der Waals surface area (Å²) in [6, 6.07) is 3.97. The standard InChI is InChI=1S/C34H46N6O5/c1-21-14-22(2)38-30(42)27(21)20-35-29(41)23-15-24-17-34(8-6-7-9-34)44-28(24)26(16-23)25-18-36-31(37-19-25)39-10-12-40(13-11-39)32(43)45-33(3,4)5/h15-16,18-19,21-22,27H,6-14,17,20H2,1-5H3,(H,35,41)(H,38,42). The summed E-state index contributed by atoms with van der Waals surface area (Å²) in [7, 11) is 0. The van der Waals surface area contributed by atoms with Gasteiger partial charge in [0.1, 0.15) is 17.0 Å². The molecule has 11 heteroatoms. The van der Waals surface area contributed by atoms with E-state index in [1.807, 2.05) is 39.8 Å². The molecule has 3 fully saturated rings. The summed E-state index contributed by atoms with van der Waals surface area (Å²) in [5.41, 5.74) is 2.41. The molecule has 3 amide bonds. The van der Waals surface area contributed by atoms with Crippen LogP contribution in [-0.4, -0.2) is 82.7 Å². The Bertz CT molecular complexity index is 1440. The van der Waals surface area contributed by atoms with E-state index in [-0.39, 0.29) is 41.4 Å². The van der Waals surface area contributed by atoms with Gasteiger partial charge in [0.05, 0.1) is 5.92 Å². The van der Waals surface area contributed by atoms with Crippen molar-refractivity contribution in [1.29, 1.82) is 0 Å². The predicted molar refractivity (Wildman–Crippen MR) is 170 cm³/mol. The lowest BCUT2D eigenvalue weighted by molar-refractivity contribution is -0.129. The molecule has 4 heterocycles. The first-order chi connectivity index (χ1) is 21.4. The Balaban J connectivity index is 1.19. The molecule has 11 nitrogen and oxygen atoms in total. The van der Waals surface area contributed by atoms with Crippen LogP contribution in [0.15, 0.2) is 24.5 Å². The van der Waals surface area contributed by atoms with Crippen LogP contribution >= 0.6 is 0 Å². The third-order valence-electron chi connectivity index (χ3n) is 9.56. The van der Waals surface area contributed by atoms with Gasteiger partial charge in [-0.25, -0.2) is 14.8 Å². The number of hydrogen-bond acceptors (Lipinski definition) is 8. The van der Waals surface area contributed by atoms with Crippen molar-refractivity contribution in [1.82, 2.24) is 25.5 Å². The van der Waals surface area contributed by atoms with Crippen LogP contribution in [0.1, 0.15) is 82.6 Å². The van der Waals surface area contributed by atoms with Crippen LogP contribution in [0.25, 0.3) is 11.1 Å². The summed E-state index contributed by atoms with van der Waals surface area (Å²) in [5, 5.41) is 6.05. The average Bonchev–Trinajstić information content (AvgIpc) is 3.60. The van der Waals surface area contributed by atoms with Crippen LogP contribution in [0.5, 0.6) is 5.75 Å². The fourth-order valence-corrected chi connectivity index (χ4v) is 7.21. The molecule has 2 aromatic rings. The van der Waals surface area contributed by atoms with Crippen LogP contribution < -0.4 is 20.3 Å². The molecule has 6 rings (SSSR count). The van der Waals surface area contributed by atoms with E-state index in [2.05, 4.69) is 22.5 Å². The van der Waals surface area contributed by atoms with E-state index in [1.54, 1.807) is 17.3 Å². The van der Waals surface area contributed by atoms with Gasteiger partial charge in [0.25, 0.3) is 5.91 Å². The van der Waals surface area contributed by atoms with Gasteiger partial charge in [0.2, 0.25) is 11.9 Å². The lowest BCUT2D eigenvalue weighted by Gasteiger charge is -2.35. The highest BCUT2D eigenvalue weighted by Crippen LogP contribution is 2.49. The van der Waals surface area contributed by atoms with Crippen LogP contribution in [-0.2, 0) is 16.0 Å². The quantitative estimate of drug-likeness (QED) is 0.507. The molecule has 3 aliphatic heterocycles. The number of carbonyl (C=O) groups excluding carboxylic acids is 3. The number of hydrogen-bond donors (Lipinski definition) is 2. The van der Waals surface area contributed by atoms with E-state index in [4.69, 9.17) is 19.4 Å². The Labute approximate surface area is 265 Å². The molecule has 1 aromatic heterocycles. The van der Waals surface area contributed by atoms with E-state index >= 15 is 0 Å². The van der Waals surface area contributed by atoms with E-state index < -0.39 is 5.60 Å². The molecule has 0 bridgehead atoms. The number of nitrogens with zero attached hydrogens (tertiary/aromatic N) is 4. The fraction of sp³-hybridized carbons (Fsp3) is 0.618. The number of amides is 3. The first kappa shape index (κ1) is 31.1. The number of rotatable bonds is 5. The van der Waals surface area contributed by atoms with Crippen molar-refractivity contribution in [2.75, 3.05) is 37.6 Å². The molecular weight excluding hydrogens is 572 g/mol. The second-order valence-corrected chi connectivity index (χ2v) is 14.3. The lowest BCUT2D eigenvalue weighted by Crippen LogP contribution is -2.50. The van der Waals surface area contributed by atoms with Crippen molar-refractivity contribution in [3.63, 3.8) is 0 Å². The third kappa shape index (κ3) is 6.72. The Morgan fingerprint density at radius 2 is 1.78 bits per heavy atom. The first-order valence-corrected chi connectivity index (χ1v) is 16.4. The molecule has 4 aliphatic rings. The molecule has 1 aromatic carbocycles. The zero-order chi connectivity index (χ0) is 31.9. The monoisotopic (exact) mass is 618 g/mol. The van der Waals surface area contributed by atoms with Gasteiger partial charge in [-0.05, 0) is 83.4 Å². The van der Waals surface area contributed by atoms with Crippen molar-refractivity contribution >= 4 is 23.9 Å². The molecule has 3 atom stereocenters. The van der Waals surface area contributed by atoms with Crippen LogP contribution in [0.2, 0.25) is 0 Å². The number of carbonyl (C=O) groups is 3. The summed E-state index contributed by atoms with van der Waals surface area (Å²) < 4.78 is 12.2. The van der Waals surface area contributed by atoms with Crippen molar-refractivity contribution in [2.24, 2.45) is 11.8 Å². The lowest BCUT2D eigenvalue weighted by atomic mass is 9.84. The minimum Gasteiger partial charge on any atom is -0.486 e. The number of ether oxygens (including phenoxy) is 2. The maximum absolute atomic E-state index is 13.5. The fourth-order valence-electron chi connectivity index (χ4n) is 7.21. The normalized spacial score (nSPS) is 24.2. The maximum atomic E-state index is 13.5. The predicted octanol–water partition coefficient (Wildman–Crippen LogP) is 4.34. The first-order valence-electron chi connectivity index (χ1n) is 16.4. The van der Waals surface area contributed by atoms with Gasteiger partial charge >= 0.3 is 6.09 Å². The van der Waals surface area contributed by atoms with E-state index in [0.29, 0.717) is 44.2 Å². The van der Waals surface area contributed by atoms with Gasteiger partial charge in [0, 0.05) is 74.3 Å². The Morgan fingerprint density at radius 3 is 2.42 bits per heavy atom. The number of anilines is 1. The van der Waals surface area contributed by atoms with E-state index in [1.165, 1.54) is 0 Å². The summed E-state index contributed by atoms with van der Waals surface area (Å²) in [5.74, 6) is 1.13. The van der Waals surface area contributed by atoms with E-state index in [0.717, 1.165) is 61.0 Å². The summed E-state index contributed by atoms with van der Waals surface area (Å²) in [6.45, 7) is 12.2. The molecule has 0 radical (unpaired) electrons. The molecule has 1 spiro atoms. The van der Waals surface area contributed by atoms with Gasteiger partial charge in [-0.2, -0.15) is 0 Å². The molecule has 3 unspecified atom stereocenters. The molecule has 1 aliphatic carbocycles. The average molecular weight is 619 g/mol. The van der Waals surface area contributed by atoms with Crippen molar-refractivity contribution in [2.45, 2.75) is 90.4 Å². The molecule has 45 heavy (non-hydrogen) atoms. The highest BCUT2D eigenvalue weighted by Gasteiger charge is 2.43. The second kappa shape index (κ2) is 12.1. The topological polar surface area (TPSA) is 126 Å². The Morgan fingerprint density at radius 1 is 1.09 bits per heavy atom. The minimum absolute atomic E-state index is 0.00346. The smallest absolute Gasteiger partial charge is 0.410 e. The van der Waals surface area contributed by atoms with Gasteiger partial charge in [-0.1, -0.05) is 6.92 Å². The molecule has 2 N–H and O–H groups in total. The highest BCUT2D eigenvalue weighted by molar-refractivity contribution is 5.97. The third-order valence-corrected chi connectivity index (χ3v) is 9.56. The van der Waals surface area contributed by atoms with Crippen molar-refractivity contribution in [3.8, 4) is 16.9 Å². The largest absolute Gasteiger partial charge is 0.486 e. The molecular formula is C34H46N6O5. The Kier molecular flexibility index (Phi) is 8.39. The summed E-state index contributed by atoms with van der Waals surface area (Å²) in [4.78, 5) is 51.8. The SMILES string of the molecule is CC1CC(C)C(CNC(=O)c2cc3c(c(-c4cnc(N5CCN(C(=O)OC(C)(C)C)CC5)nc4)c2)OC2(CCCC2)C3)C(=O)N1. The zero-order valence-corrected chi connectivity index (χ0v) is 27.1. The number of aromatic nitrogens is 2. The maximum Gasteiger partial charge on any atom is 0.410 e. The van der Waals surface area contributed by atoms with E-state index in [9.17, 15) is 14.4 Å². The molecule has 1 saturated carbocycles. The van der Waals surface area contributed by atoms with Gasteiger partial charge in [-0.15, -0.1) is 0 Å². The van der Waals surface area contributed by atoms with Crippen LogP contribution in [0.3, 0.4) is 0 Å². The highest BCUT2D eigenvalue weighted by atomic mass is 16.6. The Hall–Kier alpha value is -3.89. The van der Waals surface area contributed by atoms with Crippen LogP contribution in [0.4, 0.5) is 10.7 Å². The molecule has 2 saturated heterocycles. The number of piperidine rings is 1. The number of benzene rings is 1. The summed E-state index contributed by atoms with van der Waals surface area (Å²) in [6.07, 6.45) is 9.21. The number of fused-ring (bicyclic) bond motifs is 1. The summed E-state index contributed by atoms with van der Waals surface area (Å²) >= 11 is 0.